The molecule has 0 unspecified atom stereocenters. The third kappa shape index (κ3) is 38.2. The van der Waals surface area contributed by atoms with Gasteiger partial charge in [0.15, 0.2) is 0 Å². The third-order valence-corrected chi connectivity index (χ3v) is 5.86. The van der Waals surface area contributed by atoms with E-state index >= 15 is 0 Å². The van der Waals surface area contributed by atoms with Crippen molar-refractivity contribution in [2.75, 3.05) is 132 Å². The largest absolute Gasteiger partial charge is 0.480 e. The Morgan fingerprint density at radius 1 is 0.478 bits per heavy atom. The summed E-state index contributed by atoms with van der Waals surface area (Å²) in [5.74, 6) is -1.68. The summed E-state index contributed by atoms with van der Waals surface area (Å²) < 4.78 is 53.1. The quantitative estimate of drug-likeness (QED) is 0.0717. The van der Waals surface area contributed by atoms with Gasteiger partial charge >= 0.3 is 11.9 Å². The lowest BCUT2D eigenvalue weighted by molar-refractivity contribution is -0.146. The van der Waals surface area contributed by atoms with E-state index < -0.39 is 18.5 Å². The number of nitrogens with one attached hydrogen (secondary N) is 1. The first kappa shape index (κ1) is 44.0. The number of carbonyl (C=O) groups excluding carboxylic acids is 2. The van der Waals surface area contributed by atoms with Crippen LogP contribution in [0.4, 0.5) is 0 Å². The summed E-state index contributed by atoms with van der Waals surface area (Å²) in [5.41, 5.74) is 0. The van der Waals surface area contributed by atoms with Gasteiger partial charge in [-0.15, -0.1) is 0 Å². The van der Waals surface area contributed by atoms with E-state index in [1.165, 1.54) is 25.7 Å². The summed E-state index contributed by atoms with van der Waals surface area (Å²) >= 11 is 0. The van der Waals surface area contributed by atoms with Gasteiger partial charge in [-0.1, -0.05) is 39.0 Å². The minimum Gasteiger partial charge on any atom is -0.480 e. The van der Waals surface area contributed by atoms with Gasteiger partial charge in [0.2, 0.25) is 5.91 Å². The molecular weight excluding hydrogens is 610 g/mol. The second kappa shape index (κ2) is 37.5. The van der Waals surface area contributed by atoms with Crippen LogP contribution in [0.15, 0.2) is 0 Å². The minimum absolute atomic E-state index is 0.154. The molecule has 0 aromatic carbocycles. The number of rotatable bonds is 38. The first-order valence-corrected chi connectivity index (χ1v) is 16.4. The molecule has 0 heterocycles. The maximum atomic E-state index is 11.6. The summed E-state index contributed by atoms with van der Waals surface area (Å²) in [6, 6.07) is 0. The Labute approximate surface area is 274 Å². The van der Waals surface area contributed by atoms with Crippen LogP contribution in [0.3, 0.4) is 0 Å². The SMILES string of the molecule is CCCCCCCCC(=O)OCCOCCOCCOCCOCCOCCOCCOCCOCCNC(=O)COCC(=O)O. The lowest BCUT2D eigenvalue weighted by Crippen LogP contribution is -2.31. The van der Waals surface area contributed by atoms with Gasteiger partial charge in [0.25, 0.3) is 0 Å². The van der Waals surface area contributed by atoms with E-state index in [1.807, 2.05) is 0 Å². The van der Waals surface area contributed by atoms with E-state index in [1.54, 1.807) is 0 Å². The average molecular weight is 670 g/mol. The van der Waals surface area contributed by atoms with Crippen molar-refractivity contribution >= 4 is 17.8 Å². The zero-order valence-electron chi connectivity index (χ0n) is 27.8. The molecule has 0 aromatic rings. The number of aliphatic carboxylic acids is 1. The molecule has 0 fully saturated rings. The fourth-order valence-corrected chi connectivity index (χ4v) is 3.52. The van der Waals surface area contributed by atoms with Crippen molar-refractivity contribution in [1.82, 2.24) is 5.32 Å². The van der Waals surface area contributed by atoms with Gasteiger partial charge in [0.05, 0.1) is 106 Å². The number of ether oxygens (including phenoxy) is 10. The molecule has 0 aliphatic heterocycles. The van der Waals surface area contributed by atoms with E-state index in [0.29, 0.717) is 119 Å². The van der Waals surface area contributed by atoms with E-state index in [0.717, 1.165) is 12.8 Å². The number of unbranched alkanes of at least 4 members (excludes halogenated alkanes) is 5. The molecule has 0 radical (unpaired) electrons. The highest BCUT2D eigenvalue weighted by Crippen LogP contribution is 2.07. The fraction of sp³-hybridized carbons (Fsp3) is 0.903. The molecule has 0 bridgehead atoms. The van der Waals surface area contributed by atoms with Gasteiger partial charge in [-0.3, -0.25) is 9.59 Å². The lowest BCUT2D eigenvalue weighted by atomic mass is 10.1. The average Bonchev–Trinajstić information content (AvgIpc) is 3.03. The number of amides is 1. The molecule has 46 heavy (non-hydrogen) atoms. The van der Waals surface area contributed by atoms with Gasteiger partial charge in [-0.2, -0.15) is 0 Å². The smallest absolute Gasteiger partial charge is 0.329 e. The molecule has 0 rings (SSSR count). The summed E-state index contributed by atoms with van der Waals surface area (Å²) in [5, 5.41) is 11.0. The highest BCUT2D eigenvalue weighted by atomic mass is 16.6. The van der Waals surface area contributed by atoms with Crippen LogP contribution in [-0.2, 0) is 61.8 Å². The first-order chi connectivity index (χ1) is 22.6. The molecule has 1 amide bonds. The molecule has 0 saturated carbocycles. The van der Waals surface area contributed by atoms with Crippen molar-refractivity contribution in [3.05, 3.63) is 0 Å². The Hall–Kier alpha value is -1.95. The first-order valence-electron chi connectivity index (χ1n) is 16.4. The zero-order chi connectivity index (χ0) is 33.6. The number of carbonyl (C=O) groups is 3. The molecule has 15 heteroatoms. The molecule has 0 saturated heterocycles. The minimum atomic E-state index is -1.12. The zero-order valence-corrected chi connectivity index (χ0v) is 27.8. The monoisotopic (exact) mass is 669 g/mol. The second-order valence-corrected chi connectivity index (χ2v) is 9.87. The molecular formula is C31H59NO14. The Balaban J connectivity index is 3.14. The van der Waals surface area contributed by atoms with Crippen molar-refractivity contribution in [2.45, 2.75) is 51.9 Å². The number of carboxylic acid groups (broad SMARTS) is 1. The van der Waals surface area contributed by atoms with Gasteiger partial charge in [0, 0.05) is 13.0 Å². The van der Waals surface area contributed by atoms with Gasteiger partial charge in [-0.25, -0.2) is 4.79 Å². The Kier molecular flexibility index (Phi) is 35.9. The van der Waals surface area contributed by atoms with Gasteiger partial charge in [-0.05, 0) is 6.42 Å². The number of hydrogen-bond donors (Lipinski definition) is 2. The van der Waals surface area contributed by atoms with Crippen LogP contribution in [0.25, 0.3) is 0 Å². The van der Waals surface area contributed by atoms with Gasteiger partial charge in [0.1, 0.15) is 19.8 Å². The van der Waals surface area contributed by atoms with Crippen LogP contribution in [0.2, 0.25) is 0 Å². The maximum Gasteiger partial charge on any atom is 0.329 e. The normalized spacial score (nSPS) is 11.2. The number of hydrogen-bond acceptors (Lipinski definition) is 13. The molecule has 272 valence electrons. The van der Waals surface area contributed by atoms with E-state index in [4.69, 9.17) is 47.7 Å². The summed E-state index contributed by atoms with van der Waals surface area (Å²) in [4.78, 5) is 33.3. The molecule has 0 atom stereocenters. The van der Waals surface area contributed by atoms with Crippen LogP contribution in [-0.4, -0.2) is 155 Å². The molecule has 0 aliphatic carbocycles. The van der Waals surface area contributed by atoms with Gasteiger partial charge < -0.3 is 57.8 Å². The Morgan fingerprint density at radius 2 is 0.870 bits per heavy atom. The highest BCUT2D eigenvalue weighted by molar-refractivity contribution is 5.77. The van der Waals surface area contributed by atoms with E-state index in [2.05, 4.69) is 17.0 Å². The maximum absolute atomic E-state index is 11.6. The van der Waals surface area contributed by atoms with Crippen LogP contribution < -0.4 is 5.32 Å². The van der Waals surface area contributed by atoms with Crippen molar-refractivity contribution in [2.24, 2.45) is 0 Å². The molecule has 0 aliphatic rings. The topological polar surface area (TPSA) is 176 Å². The molecule has 0 aromatic heterocycles. The van der Waals surface area contributed by atoms with Crippen LogP contribution >= 0.6 is 0 Å². The molecule has 15 nitrogen and oxygen atoms in total. The predicted molar refractivity (Wildman–Crippen MR) is 167 cm³/mol. The Bertz CT molecular complexity index is 686. The Morgan fingerprint density at radius 3 is 1.30 bits per heavy atom. The van der Waals surface area contributed by atoms with Crippen molar-refractivity contribution < 1.29 is 66.9 Å². The summed E-state index contributed by atoms with van der Waals surface area (Å²) in [6.45, 7) is 8.92. The van der Waals surface area contributed by atoms with Crippen LogP contribution in [0.1, 0.15) is 51.9 Å². The van der Waals surface area contributed by atoms with E-state index in [9.17, 15) is 14.4 Å². The van der Waals surface area contributed by atoms with Crippen LogP contribution in [0, 0.1) is 0 Å². The lowest BCUT2D eigenvalue weighted by Gasteiger charge is -2.09. The van der Waals surface area contributed by atoms with E-state index in [-0.39, 0.29) is 19.2 Å². The number of carboxylic acids is 1. The molecule has 2 N–H and O–H groups in total. The van der Waals surface area contributed by atoms with Crippen molar-refractivity contribution in [3.63, 3.8) is 0 Å². The summed E-state index contributed by atoms with van der Waals surface area (Å²) in [7, 11) is 0. The third-order valence-electron chi connectivity index (χ3n) is 5.86. The van der Waals surface area contributed by atoms with Crippen LogP contribution in [0.5, 0.6) is 0 Å². The fourth-order valence-electron chi connectivity index (χ4n) is 3.52. The highest BCUT2D eigenvalue weighted by Gasteiger charge is 2.04. The standard InChI is InChI=1S/C31H59NO14/c1-2-3-4-5-6-7-8-31(36)46-26-25-44-24-23-43-22-21-42-20-19-41-18-17-40-16-15-39-14-13-38-12-11-37-10-9-32-29(33)27-45-28-30(34)35/h2-28H2,1H3,(H,32,33)(H,34,35). The predicted octanol–water partition coefficient (Wildman–Crippen LogP) is 1.63. The molecule has 0 spiro atoms. The summed E-state index contributed by atoms with van der Waals surface area (Å²) in [6.07, 6.45) is 7.37. The van der Waals surface area contributed by atoms with Crippen molar-refractivity contribution in [1.29, 1.82) is 0 Å². The van der Waals surface area contributed by atoms with Crippen molar-refractivity contribution in [3.8, 4) is 0 Å². The number of esters is 1. The second-order valence-electron chi connectivity index (χ2n) is 9.87.